The Morgan fingerprint density at radius 3 is 1.72 bits per heavy atom. The van der Waals surface area contributed by atoms with Crippen molar-refractivity contribution in [1.29, 1.82) is 0 Å². The van der Waals surface area contributed by atoms with E-state index in [1.807, 2.05) is 68.3 Å². The monoisotopic (exact) mass is 284 g/mol. The first-order valence-corrected chi connectivity index (χ1v) is 6.16. The van der Waals surface area contributed by atoms with Crippen LogP contribution in [0.4, 0.5) is 5.69 Å². The number of nitrogens with one attached hydrogen (secondary N) is 1. The Hall–Kier alpha value is -1.40. The molecule has 3 N–H and O–H groups in total. The standard InChI is InChI=1S/C7H8N2S.C5H12N2S/c8-7(10)9-6-4-2-1-3-5-6;1-6(2)5(8)7(3)4/h1-5H,(H3,8,9,10);1-4H3. The zero-order valence-electron chi connectivity index (χ0n) is 11.2. The first-order chi connectivity index (χ1) is 8.34. The van der Waals surface area contributed by atoms with Gasteiger partial charge in [-0.3, -0.25) is 0 Å². The molecule has 1 rings (SSSR count). The van der Waals surface area contributed by atoms with E-state index in [4.69, 9.17) is 18.0 Å². The molecular formula is C12H20N4S2. The van der Waals surface area contributed by atoms with Crippen molar-refractivity contribution < 1.29 is 0 Å². The van der Waals surface area contributed by atoms with E-state index in [-0.39, 0.29) is 0 Å². The van der Waals surface area contributed by atoms with Gasteiger partial charge in [0.15, 0.2) is 10.2 Å². The van der Waals surface area contributed by atoms with Gasteiger partial charge in [-0.25, -0.2) is 0 Å². The summed E-state index contributed by atoms with van der Waals surface area (Å²) in [5, 5.41) is 3.96. The number of anilines is 1. The summed E-state index contributed by atoms with van der Waals surface area (Å²) < 4.78 is 0. The van der Waals surface area contributed by atoms with Crippen molar-refractivity contribution in [2.24, 2.45) is 5.73 Å². The van der Waals surface area contributed by atoms with E-state index >= 15 is 0 Å². The molecule has 0 bridgehead atoms. The van der Waals surface area contributed by atoms with E-state index in [0.29, 0.717) is 5.11 Å². The summed E-state index contributed by atoms with van der Waals surface area (Å²) in [5.74, 6) is 0. The molecule has 0 fully saturated rings. The van der Waals surface area contributed by atoms with Gasteiger partial charge in [0.2, 0.25) is 0 Å². The Kier molecular flexibility index (Phi) is 7.98. The lowest BCUT2D eigenvalue weighted by atomic mass is 10.3. The van der Waals surface area contributed by atoms with Crippen molar-refractivity contribution in [1.82, 2.24) is 9.80 Å². The van der Waals surface area contributed by atoms with Crippen molar-refractivity contribution in [2.45, 2.75) is 0 Å². The van der Waals surface area contributed by atoms with Gasteiger partial charge >= 0.3 is 0 Å². The molecule has 1 aromatic carbocycles. The minimum atomic E-state index is 0.297. The van der Waals surface area contributed by atoms with E-state index in [9.17, 15) is 0 Å². The average molecular weight is 284 g/mol. The number of thiocarbonyl (C=S) groups is 2. The van der Waals surface area contributed by atoms with E-state index in [1.54, 1.807) is 0 Å². The van der Waals surface area contributed by atoms with Crippen LogP contribution in [0.3, 0.4) is 0 Å². The summed E-state index contributed by atoms with van der Waals surface area (Å²) in [4.78, 5) is 3.80. The Morgan fingerprint density at radius 1 is 1.00 bits per heavy atom. The Morgan fingerprint density at radius 2 is 1.44 bits per heavy atom. The van der Waals surface area contributed by atoms with Gasteiger partial charge in [-0.2, -0.15) is 0 Å². The number of benzene rings is 1. The van der Waals surface area contributed by atoms with Crippen LogP contribution in [0.2, 0.25) is 0 Å². The molecule has 0 unspecified atom stereocenters. The molecule has 4 nitrogen and oxygen atoms in total. The highest BCUT2D eigenvalue weighted by molar-refractivity contribution is 7.80. The fraction of sp³-hybridized carbons (Fsp3) is 0.333. The number of rotatable bonds is 1. The molecular weight excluding hydrogens is 264 g/mol. The highest BCUT2D eigenvalue weighted by Crippen LogP contribution is 2.03. The van der Waals surface area contributed by atoms with Gasteiger partial charge in [0.25, 0.3) is 0 Å². The molecule has 6 heteroatoms. The smallest absolute Gasteiger partial charge is 0.170 e. The zero-order valence-corrected chi connectivity index (χ0v) is 12.8. The number of hydrogen-bond acceptors (Lipinski definition) is 2. The number of para-hydroxylation sites is 1. The van der Waals surface area contributed by atoms with Crippen LogP contribution < -0.4 is 11.1 Å². The summed E-state index contributed by atoms with van der Waals surface area (Å²) in [6, 6.07) is 9.57. The molecule has 0 spiro atoms. The average Bonchev–Trinajstić information content (AvgIpc) is 2.29. The van der Waals surface area contributed by atoms with Gasteiger partial charge < -0.3 is 20.9 Å². The molecule has 0 heterocycles. The molecule has 0 saturated heterocycles. The van der Waals surface area contributed by atoms with Crippen LogP contribution in [0.5, 0.6) is 0 Å². The quantitative estimate of drug-likeness (QED) is 0.766. The first kappa shape index (κ1) is 16.6. The maximum atomic E-state index is 5.24. The minimum Gasteiger partial charge on any atom is -0.376 e. The van der Waals surface area contributed by atoms with Crippen LogP contribution in [0.1, 0.15) is 0 Å². The summed E-state index contributed by atoms with van der Waals surface area (Å²) in [7, 11) is 7.73. The summed E-state index contributed by atoms with van der Waals surface area (Å²) >= 11 is 9.60. The molecule has 18 heavy (non-hydrogen) atoms. The number of nitrogens with zero attached hydrogens (tertiary/aromatic N) is 2. The van der Waals surface area contributed by atoms with Crippen molar-refractivity contribution in [3.05, 3.63) is 30.3 Å². The maximum absolute atomic E-state index is 5.24. The van der Waals surface area contributed by atoms with Gasteiger partial charge in [-0.05, 0) is 36.6 Å². The van der Waals surface area contributed by atoms with Crippen LogP contribution in [-0.2, 0) is 0 Å². The number of nitrogens with two attached hydrogens (primary N) is 1. The second-order valence-electron chi connectivity index (χ2n) is 3.93. The van der Waals surface area contributed by atoms with Crippen molar-refractivity contribution in [3.8, 4) is 0 Å². The lowest BCUT2D eigenvalue weighted by Gasteiger charge is -2.20. The molecule has 0 aromatic heterocycles. The van der Waals surface area contributed by atoms with E-state index in [0.717, 1.165) is 10.8 Å². The summed E-state index contributed by atoms with van der Waals surface area (Å²) in [6.45, 7) is 0. The summed E-state index contributed by atoms with van der Waals surface area (Å²) in [6.07, 6.45) is 0. The molecule has 0 radical (unpaired) electrons. The van der Waals surface area contributed by atoms with Gasteiger partial charge in [0.1, 0.15) is 0 Å². The van der Waals surface area contributed by atoms with Crippen molar-refractivity contribution in [3.63, 3.8) is 0 Å². The third kappa shape index (κ3) is 7.81. The van der Waals surface area contributed by atoms with E-state index in [2.05, 4.69) is 17.5 Å². The Bertz CT molecular complexity index is 367. The van der Waals surface area contributed by atoms with Gasteiger partial charge in [-0.1, -0.05) is 18.2 Å². The first-order valence-electron chi connectivity index (χ1n) is 5.34. The predicted octanol–water partition coefficient (Wildman–Crippen LogP) is 1.74. The second-order valence-corrected chi connectivity index (χ2v) is 4.73. The third-order valence-corrected chi connectivity index (χ3v) is 2.64. The topological polar surface area (TPSA) is 44.5 Å². The maximum Gasteiger partial charge on any atom is 0.170 e. The molecule has 0 aliphatic rings. The van der Waals surface area contributed by atoms with Gasteiger partial charge in [0, 0.05) is 33.9 Å². The zero-order chi connectivity index (χ0) is 14.1. The van der Waals surface area contributed by atoms with Crippen LogP contribution >= 0.6 is 24.4 Å². The van der Waals surface area contributed by atoms with Crippen molar-refractivity contribution >= 4 is 40.3 Å². The fourth-order valence-electron chi connectivity index (χ4n) is 1.06. The highest BCUT2D eigenvalue weighted by Gasteiger charge is 1.97. The van der Waals surface area contributed by atoms with E-state index in [1.165, 1.54) is 0 Å². The van der Waals surface area contributed by atoms with Crippen LogP contribution in [-0.4, -0.2) is 48.2 Å². The lowest BCUT2D eigenvalue weighted by Crippen LogP contribution is -2.32. The SMILES string of the molecule is CN(C)C(=S)N(C)C.NC(=S)Nc1ccccc1. The Balaban J connectivity index is 0.000000331. The molecule has 0 aliphatic carbocycles. The molecule has 0 atom stereocenters. The Labute approximate surface area is 120 Å². The van der Waals surface area contributed by atoms with Crippen LogP contribution in [0.25, 0.3) is 0 Å². The normalized spacial score (nSPS) is 8.67. The lowest BCUT2D eigenvalue weighted by molar-refractivity contribution is 0.501. The minimum absolute atomic E-state index is 0.297. The van der Waals surface area contributed by atoms with Gasteiger partial charge in [0.05, 0.1) is 0 Å². The van der Waals surface area contributed by atoms with Crippen LogP contribution in [0, 0.1) is 0 Å². The van der Waals surface area contributed by atoms with Gasteiger partial charge in [-0.15, -0.1) is 0 Å². The highest BCUT2D eigenvalue weighted by atomic mass is 32.1. The third-order valence-electron chi connectivity index (χ3n) is 1.81. The fourth-order valence-corrected chi connectivity index (χ4v) is 1.18. The molecule has 0 aliphatic heterocycles. The molecule has 0 saturated carbocycles. The van der Waals surface area contributed by atoms with Crippen LogP contribution in [0.15, 0.2) is 30.3 Å². The predicted molar refractivity (Wildman–Crippen MR) is 86.8 cm³/mol. The molecule has 0 amide bonds. The summed E-state index contributed by atoms with van der Waals surface area (Å²) in [5.41, 5.74) is 6.17. The largest absolute Gasteiger partial charge is 0.376 e. The number of hydrogen-bond donors (Lipinski definition) is 2. The molecule has 100 valence electrons. The molecule has 1 aromatic rings. The van der Waals surface area contributed by atoms with E-state index < -0.39 is 0 Å². The second kappa shape index (κ2) is 8.66. The van der Waals surface area contributed by atoms with Crippen molar-refractivity contribution in [2.75, 3.05) is 33.5 Å².